The molecule has 1 aliphatic rings. The number of nitrogens with zero attached hydrogens (tertiary/aromatic N) is 6. The van der Waals surface area contributed by atoms with Crippen molar-refractivity contribution in [1.82, 2.24) is 34.4 Å². The van der Waals surface area contributed by atoms with Crippen LogP contribution in [0.2, 0.25) is 10.0 Å². The quantitative estimate of drug-likeness (QED) is 0.205. The molecule has 0 spiro atoms. The van der Waals surface area contributed by atoms with Gasteiger partial charge in [0, 0.05) is 66.3 Å². The predicted octanol–water partition coefficient (Wildman–Crippen LogP) is 4.39. The standard InChI is InChI=1S/C32H29Cl2N7O6/c1-39-25(16-42)38-41-14-18(12-24(41)31(39)44)29-28(34)21(10-11-35-29)20-4-3-5-22(27(20)33)23-8-6-17(30(37-23)47-2)13-40(32(45)46)15-19-7-9-26(43)36-19/h3-6,8,10-12,14,19,42H,7,9,13,15-16H2,1-2H3,(H,36,43)(H,45,46). The number of hydrogen-bond donors (Lipinski definition) is 3. The number of aliphatic hydroxyl groups excluding tert-OH is 1. The summed E-state index contributed by atoms with van der Waals surface area (Å²) in [6.07, 6.45) is 3.04. The lowest BCUT2D eigenvalue weighted by Crippen LogP contribution is -2.41. The highest BCUT2D eigenvalue weighted by atomic mass is 35.5. The Morgan fingerprint density at radius 1 is 1.13 bits per heavy atom. The van der Waals surface area contributed by atoms with E-state index in [0.29, 0.717) is 67.6 Å². The van der Waals surface area contributed by atoms with E-state index in [0.717, 1.165) is 0 Å². The first-order valence-electron chi connectivity index (χ1n) is 14.5. The Labute approximate surface area is 278 Å². The van der Waals surface area contributed by atoms with Crippen LogP contribution in [0.1, 0.15) is 24.2 Å². The van der Waals surface area contributed by atoms with Crippen molar-refractivity contribution < 1.29 is 24.5 Å². The smallest absolute Gasteiger partial charge is 0.407 e. The third kappa shape index (κ3) is 6.12. The van der Waals surface area contributed by atoms with Crippen LogP contribution < -0.4 is 15.6 Å². The molecule has 1 aromatic carbocycles. The molecule has 5 aromatic rings. The largest absolute Gasteiger partial charge is 0.481 e. The summed E-state index contributed by atoms with van der Waals surface area (Å²) in [6.45, 7) is -0.242. The third-order valence-corrected chi connectivity index (χ3v) is 8.88. The molecule has 1 unspecified atom stereocenters. The van der Waals surface area contributed by atoms with E-state index in [4.69, 9.17) is 27.9 Å². The lowest BCUT2D eigenvalue weighted by molar-refractivity contribution is -0.119. The van der Waals surface area contributed by atoms with E-state index in [1.165, 1.54) is 28.1 Å². The maximum atomic E-state index is 12.8. The van der Waals surface area contributed by atoms with Gasteiger partial charge in [-0.2, -0.15) is 5.10 Å². The number of pyridine rings is 2. The van der Waals surface area contributed by atoms with E-state index in [2.05, 4.69) is 20.4 Å². The average molecular weight is 679 g/mol. The van der Waals surface area contributed by atoms with Crippen LogP contribution in [0.4, 0.5) is 4.79 Å². The lowest BCUT2D eigenvalue weighted by atomic mass is 10.00. The lowest BCUT2D eigenvalue weighted by Gasteiger charge is -2.23. The Morgan fingerprint density at radius 2 is 1.89 bits per heavy atom. The first-order valence-corrected chi connectivity index (χ1v) is 15.3. The van der Waals surface area contributed by atoms with Gasteiger partial charge in [0.15, 0.2) is 5.82 Å². The summed E-state index contributed by atoms with van der Waals surface area (Å²) in [5, 5.41) is 27.2. The minimum atomic E-state index is -1.12. The zero-order chi connectivity index (χ0) is 33.4. The fourth-order valence-corrected chi connectivity index (χ4v) is 6.29. The number of fused-ring (bicyclic) bond motifs is 1. The summed E-state index contributed by atoms with van der Waals surface area (Å²) < 4.78 is 8.23. The number of carboxylic acid groups (broad SMARTS) is 1. The molecule has 2 amide bonds. The summed E-state index contributed by atoms with van der Waals surface area (Å²) in [6, 6.07) is 12.0. The molecule has 3 N–H and O–H groups in total. The Hall–Kier alpha value is -4.98. The van der Waals surface area contributed by atoms with Crippen LogP contribution in [0, 0.1) is 0 Å². The van der Waals surface area contributed by atoms with Gasteiger partial charge in [0.05, 0.1) is 35.1 Å². The molecule has 6 rings (SSSR count). The molecule has 0 saturated carbocycles. The highest BCUT2D eigenvalue weighted by Crippen LogP contribution is 2.42. The minimum Gasteiger partial charge on any atom is -0.481 e. The Morgan fingerprint density at radius 3 is 2.60 bits per heavy atom. The van der Waals surface area contributed by atoms with Crippen LogP contribution in [-0.2, 0) is 25.0 Å². The van der Waals surface area contributed by atoms with E-state index >= 15 is 0 Å². The fraction of sp³-hybridized carbons (Fsp3) is 0.250. The molecule has 1 fully saturated rings. The summed E-state index contributed by atoms with van der Waals surface area (Å²) in [4.78, 5) is 46.8. The molecule has 15 heteroatoms. The van der Waals surface area contributed by atoms with Crippen LogP contribution in [0.5, 0.6) is 5.88 Å². The van der Waals surface area contributed by atoms with Gasteiger partial charge < -0.3 is 25.2 Å². The van der Waals surface area contributed by atoms with Crippen molar-refractivity contribution in [3.8, 4) is 39.5 Å². The second-order valence-electron chi connectivity index (χ2n) is 11.0. The number of methoxy groups -OCH3 is 1. The van der Waals surface area contributed by atoms with E-state index in [1.54, 1.807) is 42.7 Å². The molecule has 5 heterocycles. The second kappa shape index (κ2) is 13.0. The number of amides is 2. The molecule has 4 aromatic heterocycles. The molecular formula is C32H29Cl2N7O6. The van der Waals surface area contributed by atoms with Gasteiger partial charge in [-0.3, -0.25) is 19.1 Å². The number of carbonyl (C=O) groups is 2. The number of aliphatic hydroxyl groups is 1. The predicted molar refractivity (Wildman–Crippen MR) is 174 cm³/mol. The Bertz CT molecular complexity index is 2100. The molecule has 1 saturated heterocycles. The van der Waals surface area contributed by atoms with Crippen LogP contribution in [-0.4, -0.2) is 71.0 Å². The number of nitrogens with one attached hydrogen (secondary N) is 1. The van der Waals surface area contributed by atoms with Crippen molar-refractivity contribution in [2.24, 2.45) is 7.05 Å². The van der Waals surface area contributed by atoms with Crippen molar-refractivity contribution in [2.75, 3.05) is 13.7 Å². The number of rotatable bonds is 9. The molecule has 13 nitrogen and oxygen atoms in total. The minimum absolute atomic E-state index is 0.0132. The zero-order valence-electron chi connectivity index (χ0n) is 25.3. The van der Waals surface area contributed by atoms with Gasteiger partial charge in [-0.25, -0.2) is 14.3 Å². The number of hydrogen-bond acceptors (Lipinski definition) is 8. The van der Waals surface area contributed by atoms with E-state index in [-0.39, 0.29) is 42.3 Å². The summed E-state index contributed by atoms with van der Waals surface area (Å²) in [5.41, 5.74) is 3.76. The number of halogens is 2. The van der Waals surface area contributed by atoms with Crippen LogP contribution in [0.15, 0.2) is 59.7 Å². The maximum Gasteiger partial charge on any atom is 0.407 e. The van der Waals surface area contributed by atoms with Crippen LogP contribution in [0.25, 0.3) is 39.2 Å². The van der Waals surface area contributed by atoms with Gasteiger partial charge in [0.1, 0.15) is 12.1 Å². The molecule has 1 atom stereocenters. The summed E-state index contributed by atoms with van der Waals surface area (Å²) in [7, 11) is 2.99. The number of benzene rings is 1. The molecule has 1 aliphatic heterocycles. The molecule has 0 radical (unpaired) electrons. The summed E-state index contributed by atoms with van der Waals surface area (Å²) >= 11 is 13.9. The zero-order valence-corrected chi connectivity index (χ0v) is 26.8. The molecule has 0 bridgehead atoms. The molecule has 0 aliphatic carbocycles. The number of carbonyl (C=O) groups excluding carboxylic acids is 1. The van der Waals surface area contributed by atoms with Crippen molar-refractivity contribution in [3.63, 3.8) is 0 Å². The fourth-order valence-electron chi connectivity index (χ4n) is 5.65. The first kappa shape index (κ1) is 32.0. The van der Waals surface area contributed by atoms with E-state index in [9.17, 15) is 24.6 Å². The first-order chi connectivity index (χ1) is 22.6. The normalized spacial score (nSPS) is 14.4. The monoisotopic (exact) mass is 677 g/mol. The van der Waals surface area contributed by atoms with Gasteiger partial charge in [-0.1, -0.05) is 41.4 Å². The molecule has 47 heavy (non-hydrogen) atoms. The highest BCUT2D eigenvalue weighted by molar-refractivity contribution is 6.39. The highest BCUT2D eigenvalue weighted by Gasteiger charge is 2.26. The number of aromatic nitrogens is 5. The van der Waals surface area contributed by atoms with E-state index in [1.807, 2.05) is 12.1 Å². The van der Waals surface area contributed by atoms with Gasteiger partial charge in [0.25, 0.3) is 5.56 Å². The van der Waals surface area contributed by atoms with Crippen LogP contribution in [0.3, 0.4) is 0 Å². The van der Waals surface area contributed by atoms with Crippen molar-refractivity contribution in [3.05, 3.63) is 86.6 Å². The third-order valence-electron chi connectivity index (χ3n) is 8.09. The molecule has 242 valence electrons. The van der Waals surface area contributed by atoms with Crippen molar-refractivity contribution in [1.29, 1.82) is 0 Å². The second-order valence-corrected chi connectivity index (χ2v) is 11.8. The Balaban J connectivity index is 1.33. The maximum absolute atomic E-state index is 12.8. The van der Waals surface area contributed by atoms with Crippen molar-refractivity contribution in [2.45, 2.75) is 32.0 Å². The van der Waals surface area contributed by atoms with E-state index < -0.39 is 12.7 Å². The molecular weight excluding hydrogens is 649 g/mol. The van der Waals surface area contributed by atoms with Gasteiger partial charge in [-0.05, 0) is 30.7 Å². The Kier molecular flexibility index (Phi) is 8.86. The average Bonchev–Trinajstić information content (AvgIpc) is 3.68. The van der Waals surface area contributed by atoms with Gasteiger partial charge in [0.2, 0.25) is 11.8 Å². The number of ether oxygens (including phenoxy) is 1. The van der Waals surface area contributed by atoms with Crippen LogP contribution >= 0.6 is 23.2 Å². The topological polar surface area (TPSA) is 164 Å². The van der Waals surface area contributed by atoms with Gasteiger partial charge in [-0.15, -0.1) is 0 Å². The van der Waals surface area contributed by atoms with Gasteiger partial charge >= 0.3 is 6.09 Å². The summed E-state index contributed by atoms with van der Waals surface area (Å²) in [5.74, 6) is 0.352. The van der Waals surface area contributed by atoms with Crippen molar-refractivity contribution >= 4 is 40.7 Å². The SMILES string of the molecule is COc1nc(-c2cccc(-c3ccnc(-c4cc5c(=O)n(C)c(CO)nn5c4)c3Cl)c2Cl)ccc1CN(CC1CCC(=O)N1)C(=O)O.